The van der Waals surface area contributed by atoms with Crippen LogP contribution < -0.4 is 0 Å². The Balaban J connectivity index is 2.44. The van der Waals surface area contributed by atoms with Crippen LogP contribution in [-0.4, -0.2) is 4.98 Å². The lowest BCUT2D eigenvalue weighted by atomic mass is 9.92. The first-order valence-corrected chi connectivity index (χ1v) is 5.57. The maximum absolute atomic E-state index is 8.85. The van der Waals surface area contributed by atoms with E-state index in [1.165, 1.54) is 5.56 Å². The summed E-state index contributed by atoms with van der Waals surface area (Å²) in [4.78, 5) is 4.11. The Kier molecular flexibility index (Phi) is 4.83. The van der Waals surface area contributed by atoms with Gasteiger partial charge in [0.25, 0.3) is 0 Å². The van der Waals surface area contributed by atoms with E-state index in [9.17, 15) is 0 Å². The Labute approximate surface area is 92.0 Å². The molecule has 80 valence electrons. The van der Waals surface area contributed by atoms with E-state index in [-0.39, 0.29) is 5.92 Å². The van der Waals surface area contributed by atoms with Crippen LogP contribution in [0.25, 0.3) is 0 Å². The first-order valence-electron chi connectivity index (χ1n) is 5.57. The molecule has 0 saturated carbocycles. The molecule has 0 saturated heterocycles. The third-order valence-electron chi connectivity index (χ3n) is 2.88. The molecule has 0 spiro atoms. The zero-order chi connectivity index (χ0) is 11.1. The quantitative estimate of drug-likeness (QED) is 0.732. The zero-order valence-corrected chi connectivity index (χ0v) is 9.48. The van der Waals surface area contributed by atoms with Crippen molar-refractivity contribution in [3.05, 3.63) is 30.1 Å². The number of hydrogen-bond donors (Lipinski definition) is 0. The molecule has 0 fully saturated rings. The SMILES string of the molecule is CCC(C#N)CCC(C)c1cccnc1. The Morgan fingerprint density at radius 3 is 2.80 bits per heavy atom. The molecular weight excluding hydrogens is 184 g/mol. The van der Waals surface area contributed by atoms with Crippen LogP contribution in [0.15, 0.2) is 24.5 Å². The topological polar surface area (TPSA) is 36.7 Å². The molecule has 0 amide bonds. The highest BCUT2D eigenvalue weighted by Crippen LogP contribution is 2.22. The van der Waals surface area contributed by atoms with Crippen LogP contribution in [0.2, 0.25) is 0 Å². The van der Waals surface area contributed by atoms with Crippen LogP contribution in [0.4, 0.5) is 0 Å². The highest BCUT2D eigenvalue weighted by atomic mass is 14.6. The second-order valence-corrected chi connectivity index (χ2v) is 4.00. The molecule has 1 rings (SSSR count). The van der Waals surface area contributed by atoms with Crippen molar-refractivity contribution in [2.45, 2.75) is 39.0 Å². The molecule has 1 aromatic heterocycles. The largest absolute Gasteiger partial charge is 0.264 e. The van der Waals surface area contributed by atoms with E-state index < -0.39 is 0 Å². The minimum atomic E-state index is 0.212. The lowest BCUT2D eigenvalue weighted by Crippen LogP contribution is -2.00. The normalized spacial score (nSPS) is 14.2. The lowest BCUT2D eigenvalue weighted by molar-refractivity contribution is 0.519. The van der Waals surface area contributed by atoms with Crippen LogP contribution in [0.1, 0.15) is 44.6 Å². The fourth-order valence-electron chi connectivity index (χ4n) is 1.65. The first kappa shape index (κ1) is 11.7. The summed E-state index contributed by atoms with van der Waals surface area (Å²) in [6, 6.07) is 6.41. The molecule has 2 unspecified atom stereocenters. The molecule has 0 aromatic carbocycles. The third kappa shape index (κ3) is 3.71. The number of pyridine rings is 1. The van der Waals surface area contributed by atoms with E-state index in [0.29, 0.717) is 5.92 Å². The first-order chi connectivity index (χ1) is 7.27. The van der Waals surface area contributed by atoms with Crippen molar-refractivity contribution < 1.29 is 0 Å². The van der Waals surface area contributed by atoms with Gasteiger partial charge in [0.1, 0.15) is 0 Å². The smallest absolute Gasteiger partial charge is 0.0655 e. The van der Waals surface area contributed by atoms with E-state index in [2.05, 4.69) is 31.0 Å². The summed E-state index contributed by atoms with van der Waals surface area (Å²) in [7, 11) is 0. The Bertz CT molecular complexity index is 313. The number of aromatic nitrogens is 1. The molecule has 0 aliphatic rings. The van der Waals surface area contributed by atoms with Gasteiger partial charge in [0, 0.05) is 18.3 Å². The lowest BCUT2D eigenvalue weighted by Gasteiger charge is -2.12. The Hall–Kier alpha value is -1.36. The van der Waals surface area contributed by atoms with Crippen molar-refractivity contribution in [2.75, 3.05) is 0 Å². The summed E-state index contributed by atoms with van der Waals surface area (Å²) in [6.45, 7) is 4.27. The zero-order valence-electron chi connectivity index (χ0n) is 9.48. The van der Waals surface area contributed by atoms with E-state index in [0.717, 1.165) is 19.3 Å². The summed E-state index contributed by atoms with van der Waals surface area (Å²) in [5, 5.41) is 8.85. The van der Waals surface area contributed by atoms with Gasteiger partial charge in [-0.05, 0) is 36.8 Å². The molecule has 0 aliphatic heterocycles. The van der Waals surface area contributed by atoms with Gasteiger partial charge < -0.3 is 0 Å². The molecule has 0 aliphatic carbocycles. The molecule has 1 heterocycles. The third-order valence-corrected chi connectivity index (χ3v) is 2.88. The van der Waals surface area contributed by atoms with Crippen molar-refractivity contribution in [1.82, 2.24) is 4.98 Å². The minimum absolute atomic E-state index is 0.212. The number of hydrogen-bond acceptors (Lipinski definition) is 2. The highest BCUT2D eigenvalue weighted by molar-refractivity contribution is 5.13. The van der Waals surface area contributed by atoms with Crippen LogP contribution in [0.5, 0.6) is 0 Å². The predicted molar refractivity (Wildman–Crippen MR) is 61.3 cm³/mol. The van der Waals surface area contributed by atoms with Gasteiger partial charge in [0.2, 0.25) is 0 Å². The van der Waals surface area contributed by atoms with E-state index in [4.69, 9.17) is 5.26 Å². The van der Waals surface area contributed by atoms with Crippen molar-refractivity contribution in [1.29, 1.82) is 5.26 Å². The summed E-state index contributed by atoms with van der Waals surface area (Å²) in [5.41, 5.74) is 1.27. The average molecular weight is 202 g/mol. The molecule has 1 aromatic rings. The molecule has 0 N–H and O–H groups in total. The van der Waals surface area contributed by atoms with Crippen molar-refractivity contribution in [3.63, 3.8) is 0 Å². The molecule has 15 heavy (non-hydrogen) atoms. The fraction of sp³-hybridized carbons (Fsp3) is 0.538. The van der Waals surface area contributed by atoms with Crippen molar-refractivity contribution in [3.8, 4) is 6.07 Å². The number of nitriles is 1. The van der Waals surface area contributed by atoms with E-state index in [1.807, 2.05) is 12.3 Å². The fourth-order valence-corrected chi connectivity index (χ4v) is 1.65. The Morgan fingerprint density at radius 2 is 2.27 bits per heavy atom. The standard InChI is InChI=1S/C13H18N2/c1-3-12(9-14)7-6-11(2)13-5-4-8-15-10-13/h4-5,8,10-12H,3,6-7H2,1-2H3. The van der Waals surface area contributed by atoms with Gasteiger partial charge >= 0.3 is 0 Å². The minimum Gasteiger partial charge on any atom is -0.264 e. The van der Waals surface area contributed by atoms with Crippen molar-refractivity contribution >= 4 is 0 Å². The van der Waals surface area contributed by atoms with Gasteiger partial charge in [-0.25, -0.2) is 0 Å². The number of rotatable bonds is 5. The van der Waals surface area contributed by atoms with Gasteiger partial charge in [0.15, 0.2) is 0 Å². The van der Waals surface area contributed by atoms with Crippen LogP contribution >= 0.6 is 0 Å². The van der Waals surface area contributed by atoms with E-state index in [1.54, 1.807) is 6.20 Å². The second-order valence-electron chi connectivity index (χ2n) is 4.00. The second kappa shape index (κ2) is 6.19. The Morgan fingerprint density at radius 1 is 1.47 bits per heavy atom. The van der Waals surface area contributed by atoms with Gasteiger partial charge in [-0.1, -0.05) is 19.9 Å². The average Bonchev–Trinajstić information content (AvgIpc) is 2.31. The summed E-state index contributed by atoms with van der Waals surface area (Å²) in [5.74, 6) is 0.713. The summed E-state index contributed by atoms with van der Waals surface area (Å²) < 4.78 is 0. The maximum atomic E-state index is 8.85. The van der Waals surface area contributed by atoms with E-state index >= 15 is 0 Å². The predicted octanol–water partition coefficient (Wildman–Crippen LogP) is 3.52. The van der Waals surface area contributed by atoms with Gasteiger partial charge in [-0.3, -0.25) is 4.98 Å². The molecular formula is C13H18N2. The highest BCUT2D eigenvalue weighted by Gasteiger charge is 2.09. The maximum Gasteiger partial charge on any atom is 0.0655 e. The van der Waals surface area contributed by atoms with Crippen LogP contribution in [-0.2, 0) is 0 Å². The number of nitrogens with zero attached hydrogens (tertiary/aromatic N) is 2. The van der Waals surface area contributed by atoms with Gasteiger partial charge in [-0.2, -0.15) is 5.26 Å². The molecule has 0 radical (unpaired) electrons. The van der Waals surface area contributed by atoms with Crippen molar-refractivity contribution in [2.24, 2.45) is 5.92 Å². The monoisotopic (exact) mass is 202 g/mol. The molecule has 2 atom stereocenters. The van der Waals surface area contributed by atoms with Gasteiger partial charge in [-0.15, -0.1) is 0 Å². The summed E-state index contributed by atoms with van der Waals surface area (Å²) >= 11 is 0. The summed E-state index contributed by atoms with van der Waals surface area (Å²) in [6.07, 6.45) is 6.72. The molecule has 0 bridgehead atoms. The van der Waals surface area contributed by atoms with Gasteiger partial charge in [0.05, 0.1) is 6.07 Å². The molecule has 2 nitrogen and oxygen atoms in total. The molecule has 2 heteroatoms. The van der Waals surface area contributed by atoms with Crippen LogP contribution in [0, 0.1) is 17.2 Å². The van der Waals surface area contributed by atoms with Crippen LogP contribution in [0.3, 0.4) is 0 Å².